The Morgan fingerprint density at radius 3 is 2.92 bits per heavy atom. The quantitative estimate of drug-likeness (QED) is 0.641. The Kier molecular flexibility index (Phi) is 2.37. The molecule has 2 nitrogen and oxygen atoms in total. The molecule has 1 unspecified atom stereocenters. The zero-order valence-corrected chi connectivity index (χ0v) is 8.99. The van der Waals surface area contributed by atoms with Crippen LogP contribution in [0.1, 0.15) is 25.7 Å². The number of likely N-dealkylation sites (N-methyl/N-ethyl adjacent to an activating group) is 1. The van der Waals surface area contributed by atoms with Gasteiger partial charge in [0.1, 0.15) is 0 Å². The Hall–Kier alpha value is -0.440. The van der Waals surface area contributed by atoms with Gasteiger partial charge >= 0.3 is 0 Å². The van der Waals surface area contributed by atoms with Crippen LogP contribution < -0.4 is 0 Å². The summed E-state index contributed by atoms with van der Waals surface area (Å²) in [4.78, 5) is 14.7. The van der Waals surface area contributed by atoms with Gasteiger partial charge in [0.25, 0.3) is 5.91 Å². The van der Waals surface area contributed by atoms with E-state index in [0.29, 0.717) is 6.04 Å². The summed E-state index contributed by atoms with van der Waals surface area (Å²) in [7, 11) is 1.93. The second-order valence-corrected chi connectivity index (χ2v) is 4.55. The fourth-order valence-corrected chi connectivity index (χ4v) is 3.16. The lowest BCUT2D eigenvalue weighted by Crippen LogP contribution is -2.32. The van der Waals surface area contributed by atoms with Crippen molar-refractivity contribution in [2.24, 2.45) is 0 Å². The summed E-state index contributed by atoms with van der Waals surface area (Å²) in [5.74, 6) is 0.245. The molecule has 0 saturated heterocycles. The smallest absolute Gasteiger partial charge is 0.260 e. The topological polar surface area (TPSA) is 20.3 Å². The first-order chi connectivity index (χ1) is 6.25. The van der Waals surface area contributed by atoms with Gasteiger partial charge in [-0.2, -0.15) is 0 Å². The molecule has 72 valence electrons. The molecule has 0 aromatic rings. The number of amides is 1. The molecule has 1 fully saturated rings. The summed E-state index contributed by atoms with van der Waals surface area (Å²) in [6, 6.07) is 0.434. The Morgan fingerprint density at radius 2 is 2.23 bits per heavy atom. The molecule has 0 aromatic carbocycles. The third-order valence-corrected chi connectivity index (χ3v) is 3.90. The highest BCUT2D eigenvalue weighted by Gasteiger charge is 2.37. The zero-order valence-electron chi connectivity index (χ0n) is 8.17. The van der Waals surface area contributed by atoms with Gasteiger partial charge in [0.2, 0.25) is 0 Å². The van der Waals surface area contributed by atoms with Crippen LogP contribution in [0.5, 0.6) is 0 Å². The third kappa shape index (κ3) is 1.30. The molecule has 1 saturated carbocycles. The number of hydrogen-bond donors (Lipinski definition) is 0. The highest BCUT2D eigenvalue weighted by molar-refractivity contribution is 8.03. The summed E-state index contributed by atoms with van der Waals surface area (Å²) >= 11 is 1.62. The van der Waals surface area contributed by atoms with Gasteiger partial charge in [-0.25, -0.2) is 0 Å². The van der Waals surface area contributed by atoms with E-state index in [1.54, 1.807) is 11.8 Å². The van der Waals surface area contributed by atoms with Crippen molar-refractivity contribution >= 4 is 17.7 Å². The molecule has 1 aliphatic carbocycles. The number of carbonyl (C=O) groups is 1. The van der Waals surface area contributed by atoms with Crippen molar-refractivity contribution in [1.82, 2.24) is 4.90 Å². The van der Waals surface area contributed by atoms with Crippen LogP contribution in [0.15, 0.2) is 10.5 Å². The zero-order chi connectivity index (χ0) is 9.42. The van der Waals surface area contributed by atoms with Crippen LogP contribution in [0.2, 0.25) is 0 Å². The minimum atomic E-state index is 0.245. The standard InChI is InChI=1S/C10H15NOS/c1-11-8-6-4-3-5-7(8)9(13-2)10(11)12/h8H,3-6H2,1-2H3. The van der Waals surface area contributed by atoms with Gasteiger partial charge in [0, 0.05) is 7.05 Å². The highest BCUT2D eigenvalue weighted by atomic mass is 32.2. The molecule has 3 heteroatoms. The van der Waals surface area contributed by atoms with Crippen molar-refractivity contribution in [1.29, 1.82) is 0 Å². The van der Waals surface area contributed by atoms with Crippen LogP contribution in [0, 0.1) is 0 Å². The van der Waals surface area contributed by atoms with Gasteiger partial charge < -0.3 is 4.90 Å². The second-order valence-electron chi connectivity index (χ2n) is 3.74. The van der Waals surface area contributed by atoms with E-state index in [2.05, 4.69) is 0 Å². The number of hydrogen-bond acceptors (Lipinski definition) is 2. The van der Waals surface area contributed by atoms with E-state index in [4.69, 9.17) is 0 Å². The van der Waals surface area contributed by atoms with Crippen LogP contribution in [-0.2, 0) is 4.79 Å². The molecule has 2 aliphatic rings. The van der Waals surface area contributed by atoms with Crippen molar-refractivity contribution in [3.63, 3.8) is 0 Å². The molecular weight excluding hydrogens is 182 g/mol. The first-order valence-electron chi connectivity index (χ1n) is 4.80. The summed E-state index contributed by atoms with van der Waals surface area (Å²) in [5.41, 5.74) is 1.41. The molecule has 1 aliphatic heterocycles. The van der Waals surface area contributed by atoms with Crippen molar-refractivity contribution in [3.8, 4) is 0 Å². The average molecular weight is 197 g/mol. The molecular formula is C10H15NOS. The molecule has 1 amide bonds. The largest absolute Gasteiger partial charge is 0.334 e. The molecule has 0 radical (unpaired) electrons. The van der Waals surface area contributed by atoms with E-state index in [9.17, 15) is 4.79 Å². The fourth-order valence-electron chi connectivity index (χ4n) is 2.34. The summed E-state index contributed by atoms with van der Waals surface area (Å²) in [5, 5.41) is 0. The summed E-state index contributed by atoms with van der Waals surface area (Å²) < 4.78 is 0. The fraction of sp³-hybridized carbons (Fsp3) is 0.700. The van der Waals surface area contributed by atoms with Crippen LogP contribution in [0.25, 0.3) is 0 Å². The lowest BCUT2D eigenvalue weighted by atomic mass is 9.91. The molecule has 0 aromatic heterocycles. The molecule has 1 heterocycles. The van der Waals surface area contributed by atoms with Crippen LogP contribution in [0.3, 0.4) is 0 Å². The SMILES string of the molecule is CSC1=C2CCCCC2N(C)C1=O. The van der Waals surface area contributed by atoms with Crippen molar-refractivity contribution in [2.75, 3.05) is 13.3 Å². The normalized spacial score (nSPS) is 28.3. The maximum atomic E-state index is 11.7. The molecule has 0 N–H and O–H groups in total. The highest BCUT2D eigenvalue weighted by Crippen LogP contribution is 2.39. The number of thioether (sulfide) groups is 1. The summed E-state index contributed by atoms with van der Waals surface area (Å²) in [6.07, 6.45) is 6.84. The first kappa shape index (κ1) is 9.13. The predicted octanol–water partition coefficient (Wildman–Crippen LogP) is 2.02. The van der Waals surface area contributed by atoms with Gasteiger partial charge in [0.05, 0.1) is 10.9 Å². The van der Waals surface area contributed by atoms with Gasteiger partial charge in [0.15, 0.2) is 0 Å². The number of carbonyl (C=O) groups excluding carboxylic acids is 1. The minimum absolute atomic E-state index is 0.245. The monoisotopic (exact) mass is 197 g/mol. The molecule has 2 rings (SSSR count). The molecule has 0 bridgehead atoms. The number of nitrogens with zero attached hydrogens (tertiary/aromatic N) is 1. The van der Waals surface area contributed by atoms with Crippen LogP contribution in [-0.4, -0.2) is 30.2 Å². The Morgan fingerprint density at radius 1 is 1.46 bits per heavy atom. The Labute approximate surface area is 83.4 Å². The Balaban J connectivity index is 2.33. The van der Waals surface area contributed by atoms with Gasteiger partial charge in [-0.3, -0.25) is 4.79 Å². The van der Waals surface area contributed by atoms with E-state index in [1.807, 2.05) is 18.2 Å². The maximum absolute atomic E-state index is 11.7. The molecule has 13 heavy (non-hydrogen) atoms. The minimum Gasteiger partial charge on any atom is -0.334 e. The van der Waals surface area contributed by atoms with E-state index in [-0.39, 0.29) is 5.91 Å². The van der Waals surface area contributed by atoms with Gasteiger partial charge in [-0.05, 0) is 31.1 Å². The number of fused-ring (bicyclic) bond motifs is 1. The van der Waals surface area contributed by atoms with Gasteiger partial charge in [-0.15, -0.1) is 11.8 Å². The maximum Gasteiger partial charge on any atom is 0.260 e. The predicted molar refractivity (Wildman–Crippen MR) is 55.6 cm³/mol. The number of rotatable bonds is 1. The van der Waals surface area contributed by atoms with Crippen molar-refractivity contribution in [3.05, 3.63) is 10.5 Å². The van der Waals surface area contributed by atoms with E-state index in [1.165, 1.54) is 24.8 Å². The van der Waals surface area contributed by atoms with E-state index < -0.39 is 0 Å². The van der Waals surface area contributed by atoms with Crippen molar-refractivity contribution < 1.29 is 4.79 Å². The second kappa shape index (κ2) is 3.37. The van der Waals surface area contributed by atoms with Crippen molar-refractivity contribution in [2.45, 2.75) is 31.7 Å². The van der Waals surface area contributed by atoms with Gasteiger partial charge in [-0.1, -0.05) is 6.42 Å². The first-order valence-corrected chi connectivity index (χ1v) is 6.02. The summed E-state index contributed by atoms with van der Waals surface area (Å²) in [6.45, 7) is 0. The van der Waals surface area contributed by atoms with Crippen LogP contribution >= 0.6 is 11.8 Å². The third-order valence-electron chi connectivity index (χ3n) is 3.05. The lowest BCUT2D eigenvalue weighted by Gasteiger charge is -2.26. The van der Waals surface area contributed by atoms with E-state index in [0.717, 1.165) is 11.3 Å². The molecule has 1 atom stereocenters. The molecule has 0 spiro atoms. The average Bonchev–Trinajstić information content (AvgIpc) is 2.41. The lowest BCUT2D eigenvalue weighted by molar-refractivity contribution is -0.125. The van der Waals surface area contributed by atoms with Crippen LogP contribution in [0.4, 0.5) is 0 Å². The van der Waals surface area contributed by atoms with E-state index >= 15 is 0 Å². The Bertz CT molecular complexity index is 272.